The highest BCUT2D eigenvalue weighted by Gasteiger charge is 2.12. The summed E-state index contributed by atoms with van der Waals surface area (Å²) in [6.45, 7) is 3.89. The van der Waals surface area contributed by atoms with Gasteiger partial charge >= 0.3 is 5.95 Å². The van der Waals surface area contributed by atoms with Crippen LogP contribution in [0.4, 0.5) is 5.82 Å². The van der Waals surface area contributed by atoms with Crippen molar-refractivity contribution in [2.45, 2.75) is 13.8 Å². The molecular weight excluding hydrogens is 358 g/mol. The van der Waals surface area contributed by atoms with Gasteiger partial charge < -0.3 is 9.52 Å². The predicted octanol–water partition coefficient (Wildman–Crippen LogP) is 4.57. The van der Waals surface area contributed by atoms with Crippen molar-refractivity contribution < 1.29 is 9.52 Å². The summed E-state index contributed by atoms with van der Waals surface area (Å²) in [5, 5.41) is 9.88. The number of oxazole rings is 1. The minimum Gasteiger partial charge on any atom is -0.479 e. The molecule has 5 nitrogen and oxygen atoms in total. The van der Waals surface area contributed by atoms with E-state index in [0.717, 1.165) is 21.3 Å². The van der Waals surface area contributed by atoms with Crippen molar-refractivity contribution in [1.82, 2.24) is 9.97 Å². The lowest BCUT2D eigenvalue weighted by Crippen LogP contribution is -1.86. The van der Waals surface area contributed by atoms with Gasteiger partial charge in [-0.25, -0.2) is 15.0 Å². The van der Waals surface area contributed by atoms with E-state index in [0.29, 0.717) is 11.7 Å². The minimum atomic E-state index is -0.268. The smallest absolute Gasteiger partial charge is 0.312 e. The molecule has 3 rings (SSSR count). The van der Waals surface area contributed by atoms with E-state index < -0.39 is 0 Å². The lowest BCUT2D eigenvalue weighted by Gasteiger charge is -1.97. The molecule has 2 aromatic heterocycles. The van der Waals surface area contributed by atoms with E-state index in [9.17, 15) is 5.11 Å². The van der Waals surface area contributed by atoms with Gasteiger partial charge in [-0.1, -0.05) is 15.9 Å². The van der Waals surface area contributed by atoms with E-state index in [4.69, 9.17) is 4.42 Å². The number of nitrogens with zero attached hydrogens (tertiary/aromatic N) is 3. The van der Waals surface area contributed by atoms with E-state index in [1.165, 1.54) is 6.21 Å². The highest BCUT2D eigenvalue weighted by Crippen LogP contribution is 2.26. The van der Waals surface area contributed by atoms with Crippen molar-refractivity contribution in [2.24, 2.45) is 4.99 Å². The van der Waals surface area contributed by atoms with Crippen LogP contribution in [0.3, 0.4) is 0 Å². The highest BCUT2D eigenvalue weighted by atomic mass is 79.9. The Morgan fingerprint density at radius 2 is 1.87 bits per heavy atom. The summed E-state index contributed by atoms with van der Waals surface area (Å²) in [7, 11) is 0. The zero-order valence-electron chi connectivity index (χ0n) is 12.6. The number of benzene rings is 1. The van der Waals surface area contributed by atoms with Crippen LogP contribution in [-0.2, 0) is 0 Å². The topological polar surface area (TPSA) is 71.5 Å². The third kappa shape index (κ3) is 3.65. The van der Waals surface area contributed by atoms with Crippen LogP contribution in [0.1, 0.15) is 17.0 Å². The molecule has 0 saturated carbocycles. The average Bonchev–Trinajstić information content (AvgIpc) is 2.86. The van der Waals surface area contributed by atoms with Gasteiger partial charge in [0.15, 0.2) is 11.5 Å². The number of halogens is 1. The van der Waals surface area contributed by atoms with E-state index in [2.05, 4.69) is 30.9 Å². The van der Waals surface area contributed by atoms with Crippen molar-refractivity contribution in [3.8, 4) is 17.4 Å². The monoisotopic (exact) mass is 371 g/mol. The molecule has 0 atom stereocenters. The van der Waals surface area contributed by atoms with Gasteiger partial charge in [0.25, 0.3) is 0 Å². The third-order valence-electron chi connectivity index (χ3n) is 3.13. The first-order valence-corrected chi connectivity index (χ1v) is 7.75. The maximum Gasteiger partial charge on any atom is 0.312 e. The normalized spacial score (nSPS) is 11.3. The van der Waals surface area contributed by atoms with Crippen molar-refractivity contribution in [2.75, 3.05) is 0 Å². The van der Waals surface area contributed by atoms with Crippen molar-refractivity contribution in [3.05, 3.63) is 57.8 Å². The predicted molar refractivity (Wildman–Crippen MR) is 92.3 cm³/mol. The first-order valence-electron chi connectivity index (χ1n) is 6.96. The van der Waals surface area contributed by atoms with E-state index in [1.807, 2.05) is 50.2 Å². The fourth-order valence-electron chi connectivity index (χ4n) is 2.14. The Bertz CT molecular complexity index is 850. The fourth-order valence-corrected chi connectivity index (χ4v) is 2.40. The third-order valence-corrected chi connectivity index (χ3v) is 3.66. The maximum absolute atomic E-state index is 9.88. The largest absolute Gasteiger partial charge is 0.479 e. The molecule has 3 aromatic rings. The van der Waals surface area contributed by atoms with Crippen LogP contribution in [-0.4, -0.2) is 21.3 Å². The summed E-state index contributed by atoms with van der Waals surface area (Å²) in [5.74, 6) is 0.635. The Kier molecular flexibility index (Phi) is 4.25. The molecule has 0 aliphatic heterocycles. The van der Waals surface area contributed by atoms with Gasteiger partial charge in [0.1, 0.15) is 0 Å². The molecule has 0 amide bonds. The summed E-state index contributed by atoms with van der Waals surface area (Å²) < 4.78 is 6.25. The van der Waals surface area contributed by atoms with E-state index in [-0.39, 0.29) is 11.6 Å². The zero-order valence-corrected chi connectivity index (χ0v) is 14.2. The molecule has 0 spiro atoms. The van der Waals surface area contributed by atoms with Crippen molar-refractivity contribution >= 4 is 28.0 Å². The molecule has 0 unspecified atom stereocenters. The summed E-state index contributed by atoms with van der Waals surface area (Å²) in [4.78, 5) is 12.8. The van der Waals surface area contributed by atoms with Gasteiger partial charge in [0, 0.05) is 15.7 Å². The molecule has 0 saturated heterocycles. The van der Waals surface area contributed by atoms with Crippen molar-refractivity contribution in [1.29, 1.82) is 0 Å². The van der Waals surface area contributed by atoms with Gasteiger partial charge in [0.05, 0.1) is 6.21 Å². The molecule has 1 N–H and O–H groups in total. The molecule has 116 valence electrons. The first-order chi connectivity index (χ1) is 11.0. The number of aromatic hydroxyl groups is 1. The van der Waals surface area contributed by atoms with E-state index in [1.54, 1.807) is 0 Å². The summed E-state index contributed by atoms with van der Waals surface area (Å²) in [5.41, 5.74) is 3.00. The lowest BCUT2D eigenvalue weighted by atomic mass is 10.2. The van der Waals surface area contributed by atoms with Gasteiger partial charge in [0.2, 0.25) is 5.89 Å². The molecular formula is C17H14BrN3O2. The lowest BCUT2D eigenvalue weighted by molar-refractivity contribution is 0.337. The number of hydrogen-bond donors (Lipinski definition) is 1. The molecule has 1 aromatic carbocycles. The molecule has 0 fully saturated rings. The minimum absolute atomic E-state index is 0.267. The van der Waals surface area contributed by atoms with Crippen LogP contribution in [0.2, 0.25) is 0 Å². The van der Waals surface area contributed by atoms with Crippen LogP contribution in [0.5, 0.6) is 5.95 Å². The first kappa shape index (κ1) is 15.4. The molecule has 6 heteroatoms. The maximum atomic E-state index is 9.88. The van der Waals surface area contributed by atoms with Gasteiger partial charge in [-0.15, -0.1) is 0 Å². The molecule has 0 bridgehead atoms. The second kappa shape index (κ2) is 6.34. The number of aromatic nitrogens is 2. The SMILES string of the molecule is Cc1cc(C)nc(/N=C/c2nc(-c3ccc(Br)cc3)oc2O)c1. The second-order valence-corrected chi connectivity index (χ2v) is 6.03. The Labute approximate surface area is 141 Å². The van der Waals surface area contributed by atoms with Crippen LogP contribution in [0.15, 0.2) is 50.3 Å². The number of hydrogen-bond acceptors (Lipinski definition) is 5. The Morgan fingerprint density at radius 3 is 2.57 bits per heavy atom. The summed E-state index contributed by atoms with van der Waals surface area (Å²) in [6, 6.07) is 11.3. The Balaban J connectivity index is 1.89. The van der Waals surface area contributed by atoms with Gasteiger partial charge in [-0.3, -0.25) is 0 Å². The second-order valence-electron chi connectivity index (χ2n) is 5.12. The van der Waals surface area contributed by atoms with Crippen LogP contribution < -0.4 is 0 Å². The Morgan fingerprint density at radius 1 is 1.13 bits per heavy atom. The standard InChI is InChI=1S/C17H14BrN3O2/c1-10-7-11(2)20-15(8-10)19-9-14-17(22)23-16(21-14)12-3-5-13(18)6-4-12/h3-9,22H,1-2H3/b19-9+. The highest BCUT2D eigenvalue weighted by molar-refractivity contribution is 9.10. The molecule has 2 heterocycles. The number of aryl methyl sites for hydroxylation is 2. The number of aliphatic imine (C=N–C) groups is 1. The molecule has 0 radical (unpaired) electrons. The number of rotatable bonds is 3. The van der Waals surface area contributed by atoms with Gasteiger partial charge in [-0.05, 0) is 55.8 Å². The van der Waals surface area contributed by atoms with Crippen LogP contribution >= 0.6 is 15.9 Å². The zero-order chi connectivity index (χ0) is 16.4. The summed E-state index contributed by atoms with van der Waals surface area (Å²) in [6.07, 6.45) is 1.45. The fraction of sp³-hybridized carbons (Fsp3) is 0.118. The molecule has 23 heavy (non-hydrogen) atoms. The van der Waals surface area contributed by atoms with Crippen LogP contribution in [0.25, 0.3) is 11.5 Å². The Hall–Kier alpha value is -2.47. The van der Waals surface area contributed by atoms with E-state index >= 15 is 0 Å². The van der Waals surface area contributed by atoms with Gasteiger partial charge in [-0.2, -0.15) is 0 Å². The molecule has 0 aliphatic rings. The van der Waals surface area contributed by atoms with Crippen molar-refractivity contribution in [3.63, 3.8) is 0 Å². The number of pyridine rings is 1. The summed E-state index contributed by atoms with van der Waals surface area (Å²) >= 11 is 3.37. The van der Waals surface area contributed by atoms with Crippen LogP contribution in [0, 0.1) is 13.8 Å². The molecule has 0 aliphatic carbocycles. The quantitative estimate of drug-likeness (QED) is 0.684. The average molecular weight is 372 g/mol.